The highest BCUT2D eigenvalue weighted by Gasteiger charge is 2.34. The fraction of sp³-hybridized carbons (Fsp3) is 0.417. The fourth-order valence-electron chi connectivity index (χ4n) is 4.29. The minimum atomic E-state index is -0.536. The van der Waals surface area contributed by atoms with Gasteiger partial charge in [0.25, 0.3) is 5.91 Å². The van der Waals surface area contributed by atoms with Crippen LogP contribution in [0.4, 0.5) is 5.69 Å². The highest BCUT2D eigenvalue weighted by molar-refractivity contribution is 6.03. The first kappa shape index (κ1) is 20.4. The van der Waals surface area contributed by atoms with Crippen LogP contribution in [0.15, 0.2) is 42.5 Å². The first-order valence-corrected chi connectivity index (χ1v) is 10.8. The summed E-state index contributed by atoms with van der Waals surface area (Å²) in [5, 5.41) is 3.01. The molecule has 2 heterocycles. The maximum absolute atomic E-state index is 12.8. The van der Waals surface area contributed by atoms with Crippen molar-refractivity contribution in [1.29, 1.82) is 0 Å². The van der Waals surface area contributed by atoms with Gasteiger partial charge in [-0.2, -0.15) is 0 Å². The van der Waals surface area contributed by atoms with Gasteiger partial charge >= 0.3 is 0 Å². The lowest BCUT2D eigenvalue weighted by molar-refractivity contribution is -0.914. The molecule has 6 nitrogen and oxygen atoms in total. The third-order valence-corrected chi connectivity index (χ3v) is 6.00. The van der Waals surface area contributed by atoms with Gasteiger partial charge in [-0.05, 0) is 36.6 Å². The number of fused-ring (bicyclic) bond motifs is 2. The zero-order chi connectivity index (χ0) is 21.1. The number of carbonyl (C=O) groups is 2. The minimum Gasteiger partial charge on any atom is -0.478 e. The highest BCUT2D eigenvalue weighted by Crippen LogP contribution is 2.35. The molecule has 0 spiro atoms. The Morgan fingerprint density at radius 2 is 2.03 bits per heavy atom. The molecule has 0 fully saturated rings. The third-order valence-electron chi connectivity index (χ3n) is 6.00. The van der Waals surface area contributed by atoms with E-state index < -0.39 is 6.10 Å². The van der Waals surface area contributed by atoms with Crippen molar-refractivity contribution < 1.29 is 19.2 Å². The number of amides is 2. The van der Waals surface area contributed by atoms with Crippen molar-refractivity contribution in [2.24, 2.45) is 0 Å². The predicted molar refractivity (Wildman–Crippen MR) is 116 cm³/mol. The molecular formula is C24H30N3O3+. The van der Waals surface area contributed by atoms with E-state index in [1.165, 1.54) is 16.0 Å². The van der Waals surface area contributed by atoms with Gasteiger partial charge in [-0.1, -0.05) is 37.3 Å². The Morgan fingerprint density at radius 1 is 1.23 bits per heavy atom. The van der Waals surface area contributed by atoms with Gasteiger partial charge in [0.2, 0.25) is 5.91 Å². The number of nitrogens with zero attached hydrogens (tertiary/aromatic N) is 1. The molecule has 30 heavy (non-hydrogen) atoms. The van der Waals surface area contributed by atoms with E-state index in [2.05, 4.69) is 29.6 Å². The molecule has 158 valence electrons. The molecule has 2 aliphatic rings. The molecule has 0 aliphatic carbocycles. The van der Waals surface area contributed by atoms with E-state index in [-0.39, 0.29) is 18.4 Å². The van der Waals surface area contributed by atoms with Crippen LogP contribution >= 0.6 is 0 Å². The number of hydrogen-bond donors (Lipinski definition) is 2. The molecule has 0 saturated heterocycles. The number of nitrogens with one attached hydrogen (secondary N) is 2. The Morgan fingerprint density at radius 3 is 2.83 bits per heavy atom. The first-order valence-electron chi connectivity index (χ1n) is 10.8. The number of benzene rings is 2. The van der Waals surface area contributed by atoms with Crippen molar-refractivity contribution in [3.8, 4) is 5.75 Å². The zero-order valence-corrected chi connectivity index (χ0v) is 17.7. The van der Waals surface area contributed by atoms with Crippen molar-refractivity contribution in [2.45, 2.75) is 39.3 Å². The van der Waals surface area contributed by atoms with Crippen LogP contribution in [0.5, 0.6) is 5.75 Å². The molecule has 0 bridgehead atoms. The van der Waals surface area contributed by atoms with Gasteiger partial charge in [-0.3, -0.25) is 14.5 Å². The number of ether oxygens (including phenoxy) is 1. The van der Waals surface area contributed by atoms with Gasteiger partial charge in [0.1, 0.15) is 18.8 Å². The number of anilines is 1. The lowest BCUT2D eigenvalue weighted by atomic mass is 10.00. The minimum absolute atomic E-state index is 0.0211. The molecule has 2 aromatic carbocycles. The Hall–Kier alpha value is -2.86. The van der Waals surface area contributed by atoms with Crippen LogP contribution in [0.2, 0.25) is 0 Å². The normalized spacial score (nSPS) is 20.2. The van der Waals surface area contributed by atoms with Gasteiger partial charge in [-0.15, -0.1) is 0 Å². The lowest BCUT2D eigenvalue weighted by Gasteiger charge is -2.34. The standard InChI is InChI=1S/C24H29N3O3/c1-3-21-24(29)27(20-14-17(2)8-9-22(20)30-21)16-23(28)25-11-13-26-12-10-18-6-4-5-7-19(18)15-26/h4-9,14,21H,3,10-13,15-16H2,1-2H3,(H,25,28)/p+1. The van der Waals surface area contributed by atoms with Gasteiger partial charge in [0, 0.05) is 12.0 Å². The van der Waals surface area contributed by atoms with Crippen molar-refractivity contribution in [3.05, 3.63) is 59.2 Å². The van der Waals surface area contributed by atoms with Crippen LogP contribution in [-0.2, 0) is 22.6 Å². The second kappa shape index (κ2) is 8.88. The number of quaternary nitrogens is 1. The van der Waals surface area contributed by atoms with E-state index >= 15 is 0 Å². The van der Waals surface area contributed by atoms with Crippen molar-refractivity contribution in [1.82, 2.24) is 5.32 Å². The summed E-state index contributed by atoms with van der Waals surface area (Å²) in [5.74, 6) is 0.379. The third kappa shape index (κ3) is 4.33. The van der Waals surface area contributed by atoms with Crippen molar-refractivity contribution >= 4 is 17.5 Å². The Labute approximate surface area is 177 Å². The van der Waals surface area contributed by atoms with E-state index in [1.807, 2.05) is 32.0 Å². The molecule has 2 amide bonds. The van der Waals surface area contributed by atoms with E-state index in [0.717, 1.165) is 31.6 Å². The number of aryl methyl sites for hydroxylation is 1. The first-order chi connectivity index (χ1) is 14.5. The summed E-state index contributed by atoms with van der Waals surface area (Å²) < 4.78 is 5.82. The molecule has 6 heteroatoms. The summed E-state index contributed by atoms with van der Waals surface area (Å²) in [5.41, 5.74) is 4.55. The van der Waals surface area contributed by atoms with Crippen LogP contribution in [0.1, 0.15) is 30.0 Å². The maximum Gasteiger partial charge on any atom is 0.268 e. The molecular weight excluding hydrogens is 378 g/mol. The Balaban J connectivity index is 1.34. The van der Waals surface area contributed by atoms with E-state index in [0.29, 0.717) is 24.4 Å². The number of hydrogen-bond acceptors (Lipinski definition) is 3. The van der Waals surface area contributed by atoms with Crippen molar-refractivity contribution in [3.63, 3.8) is 0 Å². The van der Waals surface area contributed by atoms with Crippen LogP contribution in [0.25, 0.3) is 0 Å². The molecule has 2 unspecified atom stereocenters. The molecule has 4 rings (SSSR count). The molecule has 2 aromatic rings. The number of carbonyl (C=O) groups excluding carboxylic acids is 2. The summed E-state index contributed by atoms with van der Waals surface area (Å²) in [6, 6.07) is 14.3. The quantitative estimate of drug-likeness (QED) is 0.757. The summed E-state index contributed by atoms with van der Waals surface area (Å²) >= 11 is 0. The van der Waals surface area contributed by atoms with E-state index in [4.69, 9.17) is 4.74 Å². The highest BCUT2D eigenvalue weighted by atomic mass is 16.5. The summed E-state index contributed by atoms with van der Waals surface area (Å²) in [6.07, 6.45) is 1.12. The van der Waals surface area contributed by atoms with Crippen LogP contribution in [0, 0.1) is 6.92 Å². The largest absolute Gasteiger partial charge is 0.478 e. The molecule has 0 saturated carbocycles. The summed E-state index contributed by atoms with van der Waals surface area (Å²) in [7, 11) is 0. The number of rotatable bonds is 6. The molecule has 2 atom stereocenters. The average Bonchev–Trinajstić information content (AvgIpc) is 2.75. The second-order valence-electron chi connectivity index (χ2n) is 8.21. The van der Waals surface area contributed by atoms with E-state index in [9.17, 15) is 9.59 Å². The Kier molecular flexibility index (Phi) is 6.04. The van der Waals surface area contributed by atoms with Crippen LogP contribution < -0.4 is 19.9 Å². The predicted octanol–water partition coefficient (Wildman–Crippen LogP) is 1.26. The zero-order valence-electron chi connectivity index (χ0n) is 17.7. The summed E-state index contributed by atoms with van der Waals surface area (Å²) in [6.45, 7) is 7.47. The van der Waals surface area contributed by atoms with Crippen molar-refractivity contribution in [2.75, 3.05) is 31.1 Å². The lowest BCUT2D eigenvalue weighted by Crippen LogP contribution is -3.12. The second-order valence-corrected chi connectivity index (χ2v) is 8.21. The molecule has 2 aliphatic heterocycles. The van der Waals surface area contributed by atoms with Gasteiger partial charge in [0.05, 0.1) is 25.3 Å². The van der Waals surface area contributed by atoms with Crippen LogP contribution in [0.3, 0.4) is 0 Å². The van der Waals surface area contributed by atoms with Gasteiger partial charge in [0.15, 0.2) is 6.10 Å². The molecule has 0 aromatic heterocycles. The van der Waals surface area contributed by atoms with E-state index in [1.54, 1.807) is 4.90 Å². The fourth-order valence-corrected chi connectivity index (χ4v) is 4.29. The monoisotopic (exact) mass is 408 g/mol. The average molecular weight is 409 g/mol. The Bertz CT molecular complexity index is 943. The molecule has 2 N–H and O–H groups in total. The topological polar surface area (TPSA) is 63.1 Å². The smallest absolute Gasteiger partial charge is 0.268 e. The molecule has 0 radical (unpaired) electrons. The summed E-state index contributed by atoms with van der Waals surface area (Å²) in [4.78, 5) is 28.5. The SMILES string of the molecule is CCC1Oc2ccc(C)cc2N(CC(=O)NCC[NH+]2CCc3ccccc3C2)C1=O. The van der Waals surface area contributed by atoms with Crippen LogP contribution in [-0.4, -0.2) is 44.1 Å². The van der Waals surface area contributed by atoms with Gasteiger partial charge in [-0.25, -0.2) is 0 Å². The maximum atomic E-state index is 12.8. The van der Waals surface area contributed by atoms with Gasteiger partial charge < -0.3 is 15.0 Å².